The number of H-pyrrole nitrogens is 1. The van der Waals surface area contributed by atoms with Gasteiger partial charge in [0.1, 0.15) is 17.9 Å². The highest BCUT2D eigenvalue weighted by molar-refractivity contribution is 6.24. The van der Waals surface area contributed by atoms with E-state index in [1.165, 1.54) is 12.1 Å². The van der Waals surface area contributed by atoms with Crippen LogP contribution >= 0.6 is 0 Å². The number of aromatic amines is 1. The summed E-state index contributed by atoms with van der Waals surface area (Å²) in [6.45, 7) is 2.17. The Balaban J connectivity index is 1.27. The summed E-state index contributed by atoms with van der Waals surface area (Å²) in [4.78, 5) is 48.1. The van der Waals surface area contributed by atoms with Crippen LogP contribution in [0.1, 0.15) is 44.3 Å². The van der Waals surface area contributed by atoms with Crippen molar-refractivity contribution in [3.05, 3.63) is 136 Å². The molecule has 4 aromatic carbocycles. The maximum absolute atomic E-state index is 14.3. The molecule has 2 N–H and O–H groups in total. The number of hydrogen-bond donors (Lipinski definition) is 2. The molecule has 2 atom stereocenters. The first-order chi connectivity index (χ1) is 20.4. The summed E-state index contributed by atoms with van der Waals surface area (Å²) >= 11 is 0. The SMILES string of the molecule is Cc1ccc([C@@H]2c3[nH]c4ccccc4c3C[C@H]3C(=O)N(c4ccccc4C(=O)NCc4ccc(F)cc4)C(=O)N23)cc1. The number of nitrogens with one attached hydrogen (secondary N) is 2. The average molecular weight is 559 g/mol. The molecule has 1 fully saturated rings. The van der Waals surface area contributed by atoms with Crippen LogP contribution < -0.4 is 10.2 Å². The summed E-state index contributed by atoms with van der Waals surface area (Å²) in [6, 6.07) is 26.7. The molecule has 0 saturated carbocycles. The van der Waals surface area contributed by atoms with Crippen molar-refractivity contribution in [2.75, 3.05) is 4.90 Å². The van der Waals surface area contributed by atoms with Gasteiger partial charge in [0.15, 0.2) is 0 Å². The number of rotatable bonds is 5. The number of carbonyl (C=O) groups is 3. The van der Waals surface area contributed by atoms with Crippen LogP contribution in [0.4, 0.5) is 14.9 Å². The summed E-state index contributed by atoms with van der Waals surface area (Å²) in [5, 5.41) is 3.86. The molecule has 0 bridgehead atoms. The highest BCUT2D eigenvalue weighted by Crippen LogP contribution is 2.45. The van der Waals surface area contributed by atoms with Crippen molar-refractivity contribution < 1.29 is 18.8 Å². The predicted molar refractivity (Wildman–Crippen MR) is 158 cm³/mol. The molecular weight excluding hydrogens is 531 g/mol. The molecule has 0 radical (unpaired) electrons. The molecule has 42 heavy (non-hydrogen) atoms. The zero-order chi connectivity index (χ0) is 29.0. The number of nitrogens with zero attached hydrogens (tertiary/aromatic N) is 2. The number of amides is 4. The van der Waals surface area contributed by atoms with Crippen molar-refractivity contribution in [3.63, 3.8) is 0 Å². The number of anilines is 1. The molecule has 1 aromatic heterocycles. The Hall–Kier alpha value is -5.24. The lowest BCUT2D eigenvalue weighted by atomic mass is 9.88. The molecule has 2 aliphatic rings. The first kappa shape index (κ1) is 25.7. The van der Waals surface area contributed by atoms with Crippen molar-refractivity contribution in [2.24, 2.45) is 0 Å². The predicted octanol–water partition coefficient (Wildman–Crippen LogP) is 6.03. The molecule has 0 spiro atoms. The van der Waals surface area contributed by atoms with Gasteiger partial charge in [0.05, 0.1) is 11.3 Å². The fourth-order valence-corrected chi connectivity index (χ4v) is 6.13. The lowest BCUT2D eigenvalue weighted by molar-refractivity contribution is -0.120. The van der Waals surface area contributed by atoms with Crippen molar-refractivity contribution >= 4 is 34.4 Å². The third kappa shape index (κ3) is 4.15. The highest BCUT2D eigenvalue weighted by atomic mass is 19.1. The zero-order valence-corrected chi connectivity index (χ0v) is 22.8. The summed E-state index contributed by atoms with van der Waals surface area (Å²) < 4.78 is 13.3. The number of carbonyl (C=O) groups excluding carboxylic acids is 3. The van der Waals surface area contributed by atoms with E-state index in [9.17, 15) is 18.8 Å². The van der Waals surface area contributed by atoms with Gasteiger partial charge in [-0.25, -0.2) is 14.1 Å². The second-order valence-corrected chi connectivity index (χ2v) is 10.8. The van der Waals surface area contributed by atoms with Crippen molar-refractivity contribution in [2.45, 2.75) is 32.0 Å². The molecule has 208 valence electrons. The molecular formula is C34H27FN4O3. The van der Waals surface area contributed by atoms with Crippen LogP contribution in [-0.4, -0.2) is 33.8 Å². The number of urea groups is 1. The maximum atomic E-state index is 14.3. The number of halogens is 1. The van der Waals surface area contributed by atoms with E-state index in [1.54, 1.807) is 41.3 Å². The van der Waals surface area contributed by atoms with Gasteiger partial charge in [-0.05, 0) is 53.9 Å². The van der Waals surface area contributed by atoms with Crippen LogP contribution in [0.5, 0.6) is 0 Å². The Labute approximate surface area is 241 Å². The Morgan fingerprint density at radius 1 is 0.929 bits per heavy atom. The molecule has 0 aliphatic carbocycles. The molecule has 4 amide bonds. The van der Waals surface area contributed by atoms with Gasteiger partial charge in [0.2, 0.25) is 0 Å². The lowest BCUT2D eigenvalue weighted by Crippen LogP contribution is -2.44. The lowest BCUT2D eigenvalue weighted by Gasteiger charge is -2.36. The Morgan fingerprint density at radius 2 is 1.64 bits per heavy atom. The van der Waals surface area contributed by atoms with E-state index < -0.39 is 24.0 Å². The minimum absolute atomic E-state index is 0.168. The molecule has 8 heteroatoms. The second kappa shape index (κ2) is 9.99. The van der Waals surface area contributed by atoms with Gasteiger partial charge in [0.25, 0.3) is 11.8 Å². The number of imide groups is 1. The van der Waals surface area contributed by atoms with Crippen molar-refractivity contribution in [3.8, 4) is 0 Å². The highest BCUT2D eigenvalue weighted by Gasteiger charge is 2.53. The zero-order valence-electron chi connectivity index (χ0n) is 22.8. The van der Waals surface area contributed by atoms with E-state index in [0.29, 0.717) is 6.42 Å². The van der Waals surface area contributed by atoms with Gasteiger partial charge < -0.3 is 10.3 Å². The quantitative estimate of drug-likeness (QED) is 0.259. The summed E-state index contributed by atoms with van der Waals surface area (Å²) in [7, 11) is 0. The molecule has 1 saturated heterocycles. The minimum Gasteiger partial charge on any atom is -0.356 e. The number of fused-ring (bicyclic) bond motifs is 4. The average Bonchev–Trinajstić information content (AvgIpc) is 3.50. The molecule has 7 nitrogen and oxygen atoms in total. The van der Waals surface area contributed by atoms with Crippen molar-refractivity contribution in [1.29, 1.82) is 0 Å². The summed E-state index contributed by atoms with van der Waals surface area (Å²) in [5.74, 6) is -1.17. The molecule has 2 aliphatic heterocycles. The number of hydrogen-bond acceptors (Lipinski definition) is 3. The molecule has 0 unspecified atom stereocenters. The monoisotopic (exact) mass is 558 g/mol. The third-order valence-electron chi connectivity index (χ3n) is 8.20. The maximum Gasteiger partial charge on any atom is 0.332 e. The van der Waals surface area contributed by atoms with E-state index >= 15 is 0 Å². The van der Waals surface area contributed by atoms with Gasteiger partial charge in [-0.2, -0.15) is 0 Å². The van der Waals surface area contributed by atoms with E-state index in [-0.39, 0.29) is 29.5 Å². The fourth-order valence-electron chi connectivity index (χ4n) is 6.13. The molecule has 7 rings (SSSR count). The molecule has 3 heterocycles. The van der Waals surface area contributed by atoms with Crippen molar-refractivity contribution in [1.82, 2.24) is 15.2 Å². The first-order valence-corrected chi connectivity index (χ1v) is 13.8. The number of aryl methyl sites for hydroxylation is 1. The standard InChI is InChI=1S/C34H27FN4O3/c1-20-10-14-22(15-11-20)31-30-26(24-6-2-4-8-27(24)37-30)18-29-33(41)39(34(42)38(29)31)28-9-5-3-7-25(28)32(40)36-19-21-12-16-23(35)17-13-21/h2-17,29,31,37H,18-19H2,1H3,(H,36,40)/t29-,31+/m0/s1. The van der Waals surface area contributed by atoms with E-state index in [1.807, 2.05) is 55.5 Å². The van der Waals surface area contributed by atoms with Crippen LogP contribution in [-0.2, 0) is 17.8 Å². The first-order valence-electron chi connectivity index (χ1n) is 13.8. The van der Waals surface area contributed by atoms with E-state index in [2.05, 4.69) is 10.3 Å². The smallest absolute Gasteiger partial charge is 0.332 e. The van der Waals surface area contributed by atoms with Crippen LogP contribution in [0.3, 0.4) is 0 Å². The van der Waals surface area contributed by atoms with Gasteiger partial charge in [-0.1, -0.05) is 72.3 Å². The molecule has 5 aromatic rings. The number of aromatic nitrogens is 1. The Bertz CT molecular complexity index is 1860. The summed E-state index contributed by atoms with van der Waals surface area (Å²) in [5.41, 5.74) is 6.02. The van der Waals surface area contributed by atoms with Crippen LogP contribution in [0, 0.1) is 12.7 Å². The largest absolute Gasteiger partial charge is 0.356 e. The van der Waals surface area contributed by atoms with Crippen LogP contribution in [0.25, 0.3) is 10.9 Å². The third-order valence-corrected chi connectivity index (χ3v) is 8.20. The van der Waals surface area contributed by atoms with Gasteiger partial charge in [-0.15, -0.1) is 0 Å². The Morgan fingerprint density at radius 3 is 2.43 bits per heavy atom. The van der Waals surface area contributed by atoms with Gasteiger partial charge in [-0.3, -0.25) is 14.5 Å². The Kier molecular flexibility index (Phi) is 6.12. The van der Waals surface area contributed by atoms with Gasteiger partial charge >= 0.3 is 6.03 Å². The van der Waals surface area contributed by atoms with E-state index in [4.69, 9.17) is 0 Å². The second-order valence-electron chi connectivity index (χ2n) is 10.8. The minimum atomic E-state index is -0.731. The van der Waals surface area contributed by atoms with Crippen LogP contribution in [0.2, 0.25) is 0 Å². The normalized spacial score (nSPS) is 17.9. The topological polar surface area (TPSA) is 85.5 Å². The van der Waals surface area contributed by atoms with E-state index in [0.717, 1.165) is 43.8 Å². The van der Waals surface area contributed by atoms with Crippen LogP contribution in [0.15, 0.2) is 97.1 Å². The fraction of sp³-hybridized carbons (Fsp3) is 0.147. The van der Waals surface area contributed by atoms with Gasteiger partial charge in [0, 0.05) is 29.6 Å². The summed E-state index contributed by atoms with van der Waals surface area (Å²) in [6.07, 6.45) is 0.363. The number of benzene rings is 4. The number of para-hydroxylation sites is 2.